The van der Waals surface area contributed by atoms with Crippen LogP contribution in [0.1, 0.15) is 373 Å². The Morgan fingerprint density at radius 3 is 0.344 bits per heavy atom. The molecule has 0 spiro atoms. The van der Waals surface area contributed by atoms with Crippen LogP contribution >= 0.6 is 8.58 Å². The molecule has 0 saturated carbocycles. The Morgan fingerprint density at radius 2 is 0.230 bits per heavy atom. The van der Waals surface area contributed by atoms with Crippen LogP contribution in [-0.2, 0) is 0 Å². The first-order valence-corrected chi connectivity index (χ1v) is 31.5. The van der Waals surface area contributed by atoms with Gasteiger partial charge in [0.25, 0.3) is 0 Å². The van der Waals surface area contributed by atoms with E-state index in [9.17, 15) is 0 Å². The third kappa shape index (κ3) is 60.4. The minimum atomic E-state index is 1.25. The maximum atomic E-state index is 2.31. The molecule has 0 bridgehead atoms. The lowest BCUT2D eigenvalue weighted by atomic mass is 10.0. The van der Waals surface area contributed by atoms with Gasteiger partial charge in [-0.3, -0.25) is 0 Å². The van der Waals surface area contributed by atoms with Crippen LogP contribution in [0.3, 0.4) is 0 Å². The summed E-state index contributed by atoms with van der Waals surface area (Å²) >= 11 is 0. The Balaban J connectivity index is 3.06. The summed E-state index contributed by atoms with van der Waals surface area (Å²) in [6.07, 6.45) is 86.5. The van der Waals surface area contributed by atoms with Crippen molar-refractivity contribution < 1.29 is 0 Å². The average molecular weight is 876 g/mol. The van der Waals surface area contributed by atoms with E-state index in [4.69, 9.17) is 0 Å². The molecule has 0 aliphatic carbocycles. The smallest absolute Gasteiger partial charge is 0.0353 e. The number of rotatable bonds is 58. The van der Waals surface area contributed by atoms with E-state index in [1.807, 2.05) is 0 Å². The third-order valence-electron chi connectivity index (χ3n) is 14.4. The SMILES string of the molecule is CCCCCCCCCCCCCCCCCCCCCCCCCCCCCCPCCCCCCCCCCCCCCCCCCCCCCCCCCCCCC. The van der Waals surface area contributed by atoms with Crippen LogP contribution in [0.4, 0.5) is 0 Å². The summed E-state index contributed by atoms with van der Waals surface area (Å²) in [5.41, 5.74) is 0. The van der Waals surface area contributed by atoms with E-state index >= 15 is 0 Å². The van der Waals surface area contributed by atoms with Crippen molar-refractivity contribution in [1.29, 1.82) is 0 Å². The first-order valence-electron chi connectivity index (χ1n) is 30.1. The maximum absolute atomic E-state index is 2.31. The third-order valence-corrected chi connectivity index (χ3v) is 15.8. The fraction of sp³-hybridized carbons (Fsp3) is 1.00. The van der Waals surface area contributed by atoms with Gasteiger partial charge in [0.05, 0.1) is 0 Å². The standard InChI is InChI=1S/C60H123P/c1-3-5-7-9-11-13-15-17-19-21-23-25-27-29-31-33-35-37-39-41-43-45-47-49-51-53-55-57-59-61-60-58-56-54-52-50-48-46-44-42-40-38-36-34-32-30-28-26-24-22-20-18-16-14-12-10-8-6-4-2/h61H,3-60H2,1-2H3. The van der Waals surface area contributed by atoms with Crippen molar-refractivity contribution in [2.45, 2.75) is 373 Å². The lowest BCUT2D eigenvalue weighted by Gasteiger charge is -2.05. The van der Waals surface area contributed by atoms with Crippen molar-refractivity contribution in [3.63, 3.8) is 0 Å². The van der Waals surface area contributed by atoms with Gasteiger partial charge in [0.1, 0.15) is 0 Å². The zero-order chi connectivity index (χ0) is 43.7. The maximum Gasteiger partial charge on any atom is -0.0353 e. The Morgan fingerprint density at radius 1 is 0.131 bits per heavy atom. The molecule has 0 unspecified atom stereocenters. The summed E-state index contributed by atoms with van der Waals surface area (Å²) in [4.78, 5) is 0. The van der Waals surface area contributed by atoms with Gasteiger partial charge in [-0.2, -0.15) is 0 Å². The highest BCUT2D eigenvalue weighted by Gasteiger charge is 2.00. The van der Waals surface area contributed by atoms with Crippen molar-refractivity contribution >= 4 is 8.58 Å². The van der Waals surface area contributed by atoms with Gasteiger partial charge in [-0.25, -0.2) is 0 Å². The van der Waals surface area contributed by atoms with Gasteiger partial charge in [0, 0.05) is 0 Å². The highest BCUT2D eigenvalue weighted by atomic mass is 31.1. The van der Waals surface area contributed by atoms with E-state index in [0.29, 0.717) is 0 Å². The molecule has 0 radical (unpaired) electrons. The zero-order valence-electron chi connectivity index (χ0n) is 43.5. The molecule has 0 N–H and O–H groups in total. The van der Waals surface area contributed by atoms with Crippen LogP contribution < -0.4 is 0 Å². The lowest BCUT2D eigenvalue weighted by Crippen LogP contribution is -1.86. The van der Waals surface area contributed by atoms with E-state index in [1.54, 1.807) is 0 Å². The van der Waals surface area contributed by atoms with Crippen molar-refractivity contribution in [3.05, 3.63) is 0 Å². The summed E-state index contributed by atoms with van der Waals surface area (Å²) in [5.74, 6) is 0. The Hall–Kier alpha value is 0.430. The Bertz CT molecular complexity index is 644. The quantitative estimate of drug-likeness (QED) is 0.0422. The number of hydrogen-bond donors (Lipinski definition) is 0. The van der Waals surface area contributed by atoms with Gasteiger partial charge in [-0.05, 0) is 25.2 Å². The molecule has 0 atom stereocenters. The molecule has 0 aromatic heterocycles. The molecule has 0 aliphatic rings. The van der Waals surface area contributed by atoms with E-state index in [-0.39, 0.29) is 0 Å². The Kier molecular flexibility index (Phi) is 60.9. The number of unbranched alkanes of at least 4 members (excludes halogenated alkanes) is 54. The first-order chi connectivity index (χ1) is 30.4. The van der Waals surface area contributed by atoms with E-state index in [0.717, 1.165) is 0 Å². The normalized spacial score (nSPS) is 11.7. The molecule has 0 rings (SSSR count). The summed E-state index contributed by atoms with van der Waals surface area (Å²) in [7, 11) is 1.25. The average Bonchev–Trinajstić information content (AvgIpc) is 3.27. The summed E-state index contributed by atoms with van der Waals surface area (Å²) in [6.45, 7) is 4.63. The van der Waals surface area contributed by atoms with Gasteiger partial charge < -0.3 is 0 Å². The monoisotopic (exact) mass is 875 g/mol. The number of hydrogen-bond acceptors (Lipinski definition) is 0. The van der Waals surface area contributed by atoms with Crippen LogP contribution in [-0.4, -0.2) is 12.3 Å². The predicted molar refractivity (Wildman–Crippen MR) is 288 cm³/mol. The van der Waals surface area contributed by atoms with Crippen LogP contribution in [0.15, 0.2) is 0 Å². The topological polar surface area (TPSA) is 0 Å². The minimum absolute atomic E-state index is 1.25. The van der Waals surface area contributed by atoms with E-state index in [1.165, 1.54) is 380 Å². The molecule has 0 fully saturated rings. The molecule has 61 heavy (non-hydrogen) atoms. The van der Waals surface area contributed by atoms with E-state index in [2.05, 4.69) is 13.8 Å². The van der Waals surface area contributed by atoms with Crippen molar-refractivity contribution in [2.24, 2.45) is 0 Å². The van der Waals surface area contributed by atoms with E-state index < -0.39 is 0 Å². The van der Waals surface area contributed by atoms with Crippen LogP contribution in [0, 0.1) is 0 Å². The minimum Gasteiger partial charge on any atom is -0.122 e. The highest BCUT2D eigenvalue weighted by molar-refractivity contribution is 7.37. The fourth-order valence-corrected chi connectivity index (χ4v) is 11.2. The second-order valence-corrected chi connectivity index (χ2v) is 22.3. The van der Waals surface area contributed by atoms with Crippen molar-refractivity contribution in [3.8, 4) is 0 Å². The van der Waals surface area contributed by atoms with Gasteiger partial charge in [-0.1, -0.05) is 361 Å². The zero-order valence-corrected chi connectivity index (χ0v) is 44.5. The highest BCUT2D eigenvalue weighted by Crippen LogP contribution is 2.21. The molecule has 0 aromatic rings. The van der Waals surface area contributed by atoms with Crippen LogP contribution in [0.2, 0.25) is 0 Å². The lowest BCUT2D eigenvalue weighted by molar-refractivity contribution is 0.514. The molecular weight excluding hydrogens is 752 g/mol. The molecule has 1 heteroatoms. The summed E-state index contributed by atoms with van der Waals surface area (Å²) in [6, 6.07) is 0. The molecule has 0 amide bonds. The summed E-state index contributed by atoms with van der Waals surface area (Å²) < 4.78 is 0. The second-order valence-electron chi connectivity index (χ2n) is 20.8. The molecule has 0 nitrogen and oxygen atoms in total. The van der Waals surface area contributed by atoms with Crippen molar-refractivity contribution in [2.75, 3.05) is 12.3 Å². The van der Waals surface area contributed by atoms with Gasteiger partial charge in [0.2, 0.25) is 0 Å². The van der Waals surface area contributed by atoms with Gasteiger partial charge in [0.15, 0.2) is 0 Å². The summed E-state index contributed by atoms with van der Waals surface area (Å²) in [5, 5.41) is 0. The van der Waals surface area contributed by atoms with Crippen LogP contribution in [0.25, 0.3) is 0 Å². The molecule has 0 saturated heterocycles. The Labute approximate surface area is 392 Å². The molecule has 0 heterocycles. The largest absolute Gasteiger partial charge is 0.122 e. The molecular formula is C60H123P. The molecule has 0 aromatic carbocycles. The first kappa shape index (κ1) is 61.4. The molecule has 0 aliphatic heterocycles. The second kappa shape index (κ2) is 60.4. The predicted octanol–water partition coefficient (Wildman–Crippen LogP) is 23.6. The molecule has 368 valence electrons. The van der Waals surface area contributed by atoms with Crippen LogP contribution in [0.5, 0.6) is 0 Å². The van der Waals surface area contributed by atoms with Crippen molar-refractivity contribution in [1.82, 2.24) is 0 Å². The van der Waals surface area contributed by atoms with Gasteiger partial charge >= 0.3 is 0 Å². The fourth-order valence-electron chi connectivity index (χ4n) is 9.96. The van der Waals surface area contributed by atoms with Gasteiger partial charge in [-0.15, -0.1) is 8.58 Å².